The maximum absolute atomic E-state index is 12.7. The molecule has 132 valence electrons. The SMILES string of the molecule is C=CCN(CC(=O)Nc1ccon1)C(=O)c1ccc(CCCC)cc1. The summed E-state index contributed by atoms with van der Waals surface area (Å²) in [5.74, 6) is -0.239. The molecular formula is C19H23N3O3. The number of nitrogens with one attached hydrogen (secondary N) is 1. The molecule has 2 amide bonds. The molecule has 0 aliphatic carbocycles. The molecule has 0 bridgehead atoms. The molecule has 6 nitrogen and oxygen atoms in total. The van der Waals surface area contributed by atoms with Crippen LogP contribution in [0.3, 0.4) is 0 Å². The van der Waals surface area contributed by atoms with Crippen LogP contribution < -0.4 is 5.32 Å². The number of anilines is 1. The third-order valence-corrected chi connectivity index (χ3v) is 3.70. The first-order chi connectivity index (χ1) is 12.1. The standard InChI is InChI=1S/C19H23N3O3/c1-3-5-6-15-7-9-16(10-8-15)19(24)22(12-4-2)14-18(23)20-17-11-13-25-21-17/h4,7-11,13H,2-3,5-6,12,14H2,1H3,(H,20,21,23). The van der Waals surface area contributed by atoms with Crippen molar-refractivity contribution in [3.63, 3.8) is 0 Å². The Hall–Kier alpha value is -2.89. The van der Waals surface area contributed by atoms with Gasteiger partial charge in [0.25, 0.3) is 5.91 Å². The number of aryl methyl sites for hydroxylation is 1. The van der Waals surface area contributed by atoms with E-state index in [0.29, 0.717) is 11.4 Å². The highest BCUT2D eigenvalue weighted by Gasteiger charge is 2.18. The third-order valence-electron chi connectivity index (χ3n) is 3.70. The number of aromatic nitrogens is 1. The van der Waals surface area contributed by atoms with Crippen molar-refractivity contribution >= 4 is 17.6 Å². The predicted molar refractivity (Wildman–Crippen MR) is 96.3 cm³/mol. The summed E-state index contributed by atoms with van der Waals surface area (Å²) >= 11 is 0. The number of hydrogen-bond acceptors (Lipinski definition) is 4. The van der Waals surface area contributed by atoms with Gasteiger partial charge < -0.3 is 14.7 Å². The lowest BCUT2D eigenvalue weighted by Gasteiger charge is -2.20. The lowest BCUT2D eigenvalue weighted by Crippen LogP contribution is -2.38. The zero-order valence-corrected chi connectivity index (χ0v) is 14.4. The van der Waals surface area contributed by atoms with Gasteiger partial charge in [-0.3, -0.25) is 9.59 Å². The summed E-state index contributed by atoms with van der Waals surface area (Å²) in [5, 5.41) is 6.19. The number of hydrogen-bond donors (Lipinski definition) is 1. The van der Waals surface area contributed by atoms with Crippen LogP contribution in [0.1, 0.15) is 35.7 Å². The van der Waals surface area contributed by atoms with Gasteiger partial charge in [0.15, 0.2) is 5.82 Å². The average Bonchev–Trinajstić information content (AvgIpc) is 3.12. The highest BCUT2D eigenvalue weighted by atomic mass is 16.5. The van der Waals surface area contributed by atoms with Gasteiger partial charge in [0.05, 0.1) is 0 Å². The van der Waals surface area contributed by atoms with Crippen LogP contribution in [0.2, 0.25) is 0 Å². The molecule has 0 fully saturated rings. The van der Waals surface area contributed by atoms with Gasteiger partial charge in [-0.15, -0.1) is 6.58 Å². The van der Waals surface area contributed by atoms with Crippen LogP contribution in [0.15, 0.2) is 53.8 Å². The van der Waals surface area contributed by atoms with Gasteiger partial charge in [0.1, 0.15) is 12.8 Å². The van der Waals surface area contributed by atoms with Gasteiger partial charge in [-0.2, -0.15) is 0 Å². The van der Waals surface area contributed by atoms with E-state index < -0.39 is 0 Å². The van der Waals surface area contributed by atoms with Crippen LogP contribution >= 0.6 is 0 Å². The zero-order chi connectivity index (χ0) is 18.1. The number of rotatable bonds is 9. The first kappa shape index (κ1) is 18.4. The van der Waals surface area contributed by atoms with Gasteiger partial charge in [-0.1, -0.05) is 36.7 Å². The summed E-state index contributed by atoms with van der Waals surface area (Å²) in [6.07, 6.45) is 6.22. The van der Waals surface area contributed by atoms with E-state index in [-0.39, 0.29) is 24.9 Å². The molecule has 2 rings (SSSR count). The number of carbonyl (C=O) groups is 2. The quantitative estimate of drug-likeness (QED) is 0.710. The molecule has 0 saturated heterocycles. The summed E-state index contributed by atoms with van der Waals surface area (Å²) in [4.78, 5) is 26.2. The number of unbranched alkanes of at least 4 members (excludes halogenated alkanes) is 1. The van der Waals surface area contributed by atoms with Gasteiger partial charge in [-0.05, 0) is 30.5 Å². The molecule has 6 heteroatoms. The Morgan fingerprint density at radius 2 is 2.04 bits per heavy atom. The fraction of sp³-hybridized carbons (Fsp3) is 0.316. The van der Waals surface area contributed by atoms with Crippen molar-refractivity contribution in [2.45, 2.75) is 26.2 Å². The molecule has 1 N–H and O–H groups in total. The first-order valence-corrected chi connectivity index (χ1v) is 8.33. The van der Waals surface area contributed by atoms with Gasteiger partial charge in [-0.25, -0.2) is 0 Å². The molecule has 1 aromatic carbocycles. The second-order valence-corrected chi connectivity index (χ2v) is 5.71. The minimum Gasteiger partial charge on any atom is -0.363 e. The summed E-state index contributed by atoms with van der Waals surface area (Å²) in [5.41, 5.74) is 1.76. The van der Waals surface area contributed by atoms with Crippen LogP contribution in [0, 0.1) is 0 Å². The molecule has 0 radical (unpaired) electrons. The topological polar surface area (TPSA) is 75.4 Å². The predicted octanol–water partition coefficient (Wildman–Crippen LogP) is 3.28. The molecule has 0 unspecified atom stereocenters. The molecular weight excluding hydrogens is 318 g/mol. The Bertz CT molecular complexity index is 693. The van der Waals surface area contributed by atoms with Crippen molar-refractivity contribution in [3.05, 3.63) is 60.4 Å². The Balaban J connectivity index is 2.01. The van der Waals surface area contributed by atoms with Crippen molar-refractivity contribution in [3.8, 4) is 0 Å². The largest absolute Gasteiger partial charge is 0.363 e. The minimum atomic E-state index is -0.344. The van der Waals surface area contributed by atoms with Gasteiger partial charge in [0, 0.05) is 18.2 Å². The minimum absolute atomic E-state index is 0.0880. The normalized spacial score (nSPS) is 10.3. The van der Waals surface area contributed by atoms with Crippen molar-refractivity contribution in [1.29, 1.82) is 0 Å². The van der Waals surface area contributed by atoms with Crippen LogP contribution in [0.25, 0.3) is 0 Å². The molecule has 25 heavy (non-hydrogen) atoms. The Kier molecular flexibility index (Phi) is 6.95. The van der Waals surface area contributed by atoms with E-state index in [1.807, 2.05) is 12.1 Å². The van der Waals surface area contributed by atoms with E-state index in [1.165, 1.54) is 22.8 Å². The maximum atomic E-state index is 12.7. The van der Waals surface area contributed by atoms with Crippen molar-refractivity contribution in [2.75, 3.05) is 18.4 Å². The van der Waals surface area contributed by atoms with E-state index in [4.69, 9.17) is 0 Å². The van der Waals surface area contributed by atoms with Crippen molar-refractivity contribution < 1.29 is 14.1 Å². The lowest BCUT2D eigenvalue weighted by molar-refractivity contribution is -0.116. The maximum Gasteiger partial charge on any atom is 0.254 e. The number of amides is 2. The molecule has 2 aromatic rings. The van der Waals surface area contributed by atoms with Crippen LogP contribution in [0.5, 0.6) is 0 Å². The van der Waals surface area contributed by atoms with E-state index in [1.54, 1.807) is 18.2 Å². The van der Waals surface area contributed by atoms with E-state index in [9.17, 15) is 9.59 Å². The number of benzene rings is 1. The number of carbonyl (C=O) groups excluding carboxylic acids is 2. The highest BCUT2D eigenvalue weighted by Crippen LogP contribution is 2.11. The number of nitrogens with zero attached hydrogens (tertiary/aromatic N) is 2. The first-order valence-electron chi connectivity index (χ1n) is 8.33. The van der Waals surface area contributed by atoms with Crippen LogP contribution in [0.4, 0.5) is 5.82 Å². The molecule has 0 atom stereocenters. The monoisotopic (exact) mass is 341 g/mol. The summed E-state index contributed by atoms with van der Waals surface area (Å²) < 4.78 is 4.66. The van der Waals surface area contributed by atoms with Gasteiger partial charge >= 0.3 is 0 Å². The lowest BCUT2D eigenvalue weighted by atomic mass is 10.1. The average molecular weight is 341 g/mol. The molecule has 0 aliphatic heterocycles. The fourth-order valence-electron chi connectivity index (χ4n) is 2.39. The third kappa shape index (κ3) is 5.60. The Morgan fingerprint density at radius 3 is 2.64 bits per heavy atom. The summed E-state index contributed by atoms with van der Waals surface area (Å²) in [7, 11) is 0. The molecule has 0 saturated carbocycles. The molecule has 1 aromatic heterocycles. The van der Waals surface area contributed by atoms with E-state index >= 15 is 0 Å². The molecule has 0 aliphatic rings. The second kappa shape index (κ2) is 9.42. The second-order valence-electron chi connectivity index (χ2n) is 5.71. The fourth-order valence-corrected chi connectivity index (χ4v) is 2.39. The zero-order valence-electron chi connectivity index (χ0n) is 14.4. The van der Waals surface area contributed by atoms with Crippen LogP contribution in [-0.4, -0.2) is 35.0 Å². The molecule has 1 heterocycles. The summed E-state index contributed by atoms with van der Waals surface area (Å²) in [6.45, 7) is 5.99. The Labute approximate surface area is 147 Å². The summed E-state index contributed by atoms with van der Waals surface area (Å²) in [6, 6.07) is 9.07. The van der Waals surface area contributed by atoms with Gasteiger partial charge in [0.2, 0.25) is 5.91 Å². The van der Waals surface area contributed by atoms with Crippen LogP contribution in [-0.2, 0) is 11.2 Å². The van der Waals surface area contributed by atoms with Crippen molar-refractivity contribution in [1.82, 2.24) is 10.1 Å². The van der Waals surface area contributed by atoms with E-state index in [0.717, 1.165) is 19.3 Å². The van der Waals surface area contributed by atoms with E-state index in [2.05, 4.69) is 28.5 Å². The van der Waals surface area contributed by atoms with Crippen molar-refractivity contribution in [2.24, 2.45) is 0 Å². The highest BCUT2D eigenvalue weighted by molar-refractivity contribution is 5.99. The molecule has 0 spiro atoms. The smallest absolute Gasteiger partial charge is 0.254 e. The Morgan fingerprint density at radius 1 is 1.28 bits per heavy atom.